The maximum atomic E-state index is 5.79. The minimum absolute atomic E-state index is 0.501. The van der Waals surface area contributed by atoms with E-state index < -0.39 is 10.0 Å². The summed E-state index contributed by atoms with van der Waals surface area (Å²) in [6, 6.07) is 66.6. The van der Waals surface area contributed by atoms with E-state index in [1.807, 2.05) is 12.1 Å². The summed E-state index contributed by atoms with van der Waals surface area (Å²) >= 11 is 0. The van der Waals surface area contributed by atoms with Crippen molar-refractivity contribution in [1.82, 2.24) is 24.1 Å². The number of benzene rings is 7. The van der Waals surface area contributed by atoms with Gasteiger partial charge in [-0.3, -0.25) is 9.13 Å². The van der Waals surface area contributed by atoms with E-state index in [2.05, 4.69) is 204 Å². The van der Waals surface area contributed by atoms with E-state index in [0.29, 0.717) is 17.7 Å². The molecule has 10 rings (SSSR count). The van der Waals surface area contributed by atoms with E-state index in [1.165, 1.54) is 19.6 Å². The topological polar surface area (TPSA) is 48.5 Å². The average Bonchev–Trinajstić information content (AvgIpc) is 3.78. The predicted molar refractivity (Wildman–Crippen MR) is 239 cm³/mol. The Balaban J connectivity index is 1.29. The summed E-state index contributed by atoms with van der Waals surface area (Å²) in [7, 11) is -1.97. The minimum Gasteiger partial charge on any atom is -0.278 e. The number of terminal acetylenes is 1. The summed E-state index contributed by atoms with van der Waals surface area (Å²) in [4.78, 5) is 21.0. The molecule has 0 bridgehead atoms. The number of hydrogen-bond acceptors (Lipinski definition) is 3. The van der Waals surface area contributed by atoms with Gasteiger partial charge in [-0.2, -0.15) is 15.0 Å². The third-order valence-corrected chi connectivity index (χ3v) is 14.7. The highest BCUT2D eigenvalue weighted by molar-refractivity contribution is 8.34. The van der Waals surface area contributed by atoms with Crippen LogP contribution in [-0.4, -0.2) is 24.1 Å². The second-order valence-electron chi connectivity index (χ2n) is 14.1. The summed E-state index contributed by atoms with van der Waals surface area (Å²) in [6.45, 7) is 2.12. The van der Waals surface area contributed by atoms with Crippen molar-refractivity contribution in [2.45, 2.75) is 26.5 Å². The highest BCUT2D eigenvalue weighted by Gasteiger charge is 2.33. The Bertz CT molecular complexity index is 3040. The van der Waals surface area contributed by atoms with Gasteiger partial charge in [-0.15, -0.1) is 16.5 Å². The Morgan fingerprint density at radius 2 is 0.931 bits per heavy atom. The number of hydrogen-bond donors (Lipinski definition) is 0. The monoisotopic (exact) mass is 763 g/mol. The molecule has 0 saturated carbocycles. The summed E-state index contributed by atoms with van der Waals surface area (Å²) in [5.41, 5.74) is 5.91. The molecule has 0 atom stereocenters. The molecule has 0 unspecified atom stereocenters. The molecule has 58 heavy (non-hydrogen) atoms. The first kappa shape index (κ1) is 35.0. The lowest BCUT2D eigenvalue weighted by molar-refractivity contribution is 0.875. The van der Waals surface area contributed by atoms with Crippen molar-refractivity contribution in [1.29, 1.82) is 0 Å². The molecular weight excluding hydrogens is 727 g/mol. The molecule has 0 fully saturated rings. The number of fused-ring (bicyclic) bond motifs is 4. The zero-order valence-corrected chi connectivity index (χ0v) is 32.6. The number of aryl methyl sites for hydroxylation is 1. The van der Waals surface area contributed by atoms with E-state index in [0.717, 1.165) is 49.5 Å². The van der Waals surface area contributed by atoms with Crippen LogP contribution in [0.15, 0.2) is 214 Å². The number of para-hydroxylation sites is 3. The van der Waals surface area contributed by atoms with Crippen LogP contribution in [0.3, 0.4) is 0 Å². The van der Waals surface area contributed by atoms with Crippen LogP contribution in [0.1, 0.15) is 11.3 Å². The second-order valence-corrected chi connectivity index (χ2v) is 17.2. The molecule has 5 nitrogen and oxygen atoms in total. The summed E-state index contributed by atoms with van der Waals surface area (Å²) < 4.78 is 4.27. The molecule has 0 aliphatic carbocycles. The zero-order valence-electron chi connectivity index (χ0n) is 31.8. The van der Waals surface area contributed by atoms with E-state index in [4.69, 9.17) is 21.4 Å². The lowest BCUT2D eigenvalue weighted by Gasteiger charge is -2.42. The number of nitrogens with zero attached hydrogens (tertiary/aromatic N) is 5. The fourth-order valence-corrected chi connectivity index (χ4v) is 12.2. The van der Waals surface area contributed by atoms with Crippen molar-refractivity contribution in [3.8, 4) is 35.6 Å². The van der Waals surface area contributed by atoms with E-state index >= 15 is 0 Å². The SMILES string of the molecule is C#C/C=C\c1c(C)c2ccccc2n1-c1nc(-c2cccc(S(c3ccccc3)(c3ccccc3)c3ccccc3)c2)nc(-n2c3ccccc3c3ccccc32)n1. The molecule has 0 radical (unpaired) electrons. The van der Waals surface area contributed by atoms with Crippen LogP contribution in [0.5, 0.6) is 0 Å². The van der Waals surface area contributed by atoms with Gasteiger partial charge in [-0.05, 0) is 91.4 Å². The van der Waals surface area contributed by atoms with Gasteiger partial charge in [0.1, 0.15) is 0 Å². The number of rotatable bonds is 8. The molecule has 0 aliphatic heterocycles. The number of allylic oxidation sites excluding steroid dienone is 1. The van der Waals surface area contributed by atoms with Crippen molar-refractivity contribution < 1.29 is 0 Å². The van der Waals surface area contributed by atoms with Gasteiger partial charge in [0, 0.05) is 41.3 Å². The van der Waals surface area contributed by atoms with Gasteiger partial charge >= 0.3 is 0 Å². The van der Waals surface area contributed by atoms with Crippen molar-refractivity contribution in [2.75, 3.05) is 0 Å². The average molecular weight is 764 g/mol. The Morgan fingerprint density at radius 3 is 1.47 bits per heavy atom. The zero-order chi connectivity index (χ0) is 39.1. The largest absolute Gasteiger partial charge is 0.278 e. The van der Waals surface area contributed by atoms with Crippen molar-refractivity contribution >= 4 is 48.8 Å². The molecular formula is C52H37N5S. The van der Waals surface area contributed by atoms with Crippen LogP contribution in [0.4, 0.5) is 0 Å². The van der Waals surface area contributed by atoms with Crippen LogP contribution in [0, 0.1) is 19.3 Å². The first-order valence-corrected chi connectivity index (χ1v) is 20.9. The van der Waals surface area contributed by atoms with E-state index in [1.54, 1.807) is 6.08 Å². The standard InChI is InChI=1S/C52H37N5S/c1-3-4-32-46-37(2)43-29-14-17-33-47(43)56(46)51-53-50(54-52(55-51)57-48-34-18-15-30-44(48)45-31-16-19-35-49(45)57)38-21-20-28-42(36-38)58(39-22-8-5-9-23-39,40-24-10-6-11-25-40)41-26-12-7-13-27-41/h1,4-36H,2H3/b32-4-. The normalized spacial score (nSPS) is 12.1. The molecule has 276 valence electrons. The first-order chi connectivity index (χ1) is 28.7. The van der Waals surface area contributed by atoms with Gasteiger partial charge in [0.2, 0.25) is 11.9 Å². The van der Waals surface area contributed by atoms with Crippen molar-refractivity contribution in [3.05, 3.63) is 205 Å². The Morgan fingerprint density at radius 1 is 0.483 bits per heavy atom. The van der Waals surface area contributed by atoms with Gasteiger partial charge in [0.25, 0.3) is 0 Å². The van der Waals surface area contributed by atoms with Crippen molar-refractivity contribution in [3.63, 3.8) is 0 Å². The van der Waals surface area contributed by atoms with Gasteiger partial charge in [0.05, 0.1) is 22.2 Å². The van der Waals surface area contributed by atoms with Gasteiger partial charge in [-0.25, -0.2) is 0 Å². The smallest absolute Gasteiger partial charge is 0.240 e. The second kappa shape index (κ2) is 14.6. The highest BCUT2D eigenvalue weighted by atomic mass is 32.3. The maximum Gasteiger partial charge on any atom is 0.240 e. The van der Waals surface area contributed by atoms with Crippen molar-refractivity contribution in [2.24, 2.45) is 0 Å². The summed E-state index contributed by atoms with van der Waals surface area (Å²) in [5.74, 6) is 4.28. The molecule has 3 aromatic heterocycles. The fraction of sp³-hybridized carbons (Fsp3) is 0.0192. The van der Waals surface area contributed by atoms with Gasteiger partial charge in [0.15, 0.2) is 5.82 Å². The fourth-order valence-electron chi connectivity index (χ4n) is 8.30. The van der Waals surface area contributed by atoms with Crippen LogP contribution in [0.2, 0.25) is 0 Å². The molecule has 0 amide bonds. The van der Waals surface area contributed by atoms with E-state index in [-0.39, 0.29) is 0 Å². The third-order valence-electron chi connectivity index (χ3n) is 10.8. The van der Waals surface area contributed by atoms with Crippen LogP contribution >= 0.6 is 10.0 Å². The number of aromatic nitrogens is 5. The van der Waals surface area contributed by atoms with E-state index in [9.17, 15) is 0 Å². The maximum absolute atomic E-state index is 5.79. The Labute approximate surface area is 339 Å². The third kappa shape index (κ3) is 5.63. The summed E-state index contributed by atoms with van der Waals surface area (Å²) in [6.07, 6.45) is 9.49. The molecule has 3 heterocycles. The minimum atomic E-state index is -1.97. The van der Waals surface area contributed by atoms with Crippen LogP contribution in [-0.2, 0) is 0 Å². The lowest BCUT2D eigenvalue weighted by Crippen LogP contribution is -2.11. The quantitative estimate of drug-likeness (QED) is 0.145. The molecule has 0 saturated heterocycles. The molecule has 0 N–H and O–H groups in total. The molecule has 0 aliphatic rings. The Kier molecular flexibility index (Phi) is 8.78. The van der Waals surface area contributed by atoms with Gasteiger partial charge in [-0.1, -0.05) is 127 Å². The molecule has 6 heteroatoms. The molecule has 10 aromatic rings. The predicted octanol–water partition coefficient (Wildman–Crippen LogP) is 12.9. The molecule has 0 spiro atoms. The summed E-state index contributed by atoms with van der Waals surface area (Å²) in [5, 5.41) is 3.36. The Hall–Kier alpha value is -7.46. The lowest BCUT2D eigenvalue weighted by atomic mass is 10.1. The molecule has 7 aromatic carbocycles. The van der Waals surface area contributed by atoms with Crippen LogP contribution < -0.4 is 0 Å². The van der Waals surface area contributed by atoms with Gasteiger partial charge < -0.3 is 0 Å². The van der Waals surface area contributed by atoms with Crippen LogP contribution in [0.25, 0.3) is 62.1 Å². The first-order valence-electron chi connectivity index (χ1n) is 19.2. The highest BCUT2D eigenvalue weighted by Crippen LogP contribution is 2.73.